The van der Waals surface area contributed by atoms with E-state index >= 15 is 0 Å². The third kappa shape index (κ3) is 4.49. The molecular weight excluding hydrogens is 330 g/mol. The van der Waals surface area contributed by atoms with Gasteiger partial charge in [0.1, 0.15) is 0 Å². The molecule has 1 saturated heterocycles. The molecule has 138 valence electrons. The first-order valence-corrected chi connectivity index (χ1v) is 8.92. The van der Waals surface area contributed by atoms with E-state index < -0.39 is 0 Å². The molecule has 5 nitrogen and oxygen atoms in total. The van der Waals surface area contributed by atoms with E-state index in [1.807, 2.05) is 68.4 Å². The quantitative estimate of drug-likeness (QED) is 0.799. The van der Waals surface area contributed by atoms with Gasteiger partial charge in [-0.05, 0) is 24.0 Å². The van der Waals surface area contributed by atoms with E-state index in [1.165, 1.54) is 0 Å². The lowest BCUT2D eigenvalue weighted by molar-refractivity contribution is -0.382. The Kier molecular flexibility index (Phi) is 6.04. The topological polar surface area (TPSA) is 67.8 Å². The van der Waals surface area contributed by atoms with Crippen molar-refractivity contribution in [2.24, 2.45) is 0 Å². The molecular formula is C21H25NO4. The summed E-state index contributed by atoms with van der Waals surface area (Å²) in [5, 5.41) is 12.5. The van der Waals surface area contributed by atoms with Gasteiger partial charge in [-0.25, -0.2) is 0 Å². The van der Waals surface area contributed by atoms with Gasteiger partial charge < -0.3 is 19.9 Å². The number of nitrogens with one attached hydrogen (secondary N) is 1. The molecule has 1 amide bonds. The molecule has 1 fully saturated rings. The Bertz CT molecular complexity index is 711. The van der Waals surface area contributed by atoms with Crippen LogP contribution in [0.5, 0.6) is 0 Å². The molecule has 2 atom stereocenters. The average molecular weight is 355 g/mol. The molecule has 2 aromatic carbocycles. The molecule has 1 aliphatic rings. The summed E-state index contributed by atoms with van der Waals surface area (Å²) < 4.78 is 11.0. The van der Waals surface area contributed by atoms with Crippen molar-refractivity contribution in [2.45, 2.75) is 44.8 Å². The zero-order valence-electron chi connectivity index (χ0n) is 15.1. The number of aliphatic hydroxyl groups excluding tert-OH is 1. The predicted octanol–water partition coefficient (Wildman–Crippen LogP) is 3.42. The van der Waals surface area contributed by atoms with Gasteiger partial charge in [0.15, 0.2) is 12.6 Å². The van der Waals surface area contributed by atoms with Crippen LogP contribution in [0, 0.1) is 0 Å². The average Bonchev–Trinajstić information content (AvgIpc) is 2.64. The van der Waals surface area contributed by atoms with Gasteiger partial charge in [-0.1, -0.05) is 61.5 Å². The van der Waals surface area contributed by atoms with Crippen LogP contribution in [0.4, 0.5) is 0 Å². The number of hydrogen-bond acceptors (Lipinski definition) is 4. The molecule has 26 heavy (non-hydrogen) atoms. The number of carbonyl (C=O) groups excluding carboxylic acids is 1. The van der Waals surface area contributed by atoms with E-state index in [0.717, 1.165) is 16.7 Å². The number of rotatable bonds is 7. The van der Waals surface area contributed by atoms with Crippen LogP contribution in [-0.4, -0.2) is 23.9 Å². The summed E-state index contributed by atoms with van der Waals surface area (Å²) in [6, 6.07) is 17.1. The smallest absolute Gasteiger partial charge is 0.221 e. The van der Waals surface area contributed by atoms with Crippen molar-refractivity contribution >= 4 is 5.91 Å². The van der Waals surface area contributed by atoms with E-state index in [1.54, 1.807) is 0 Å². The van der Waals surface area contributed by atoms with Crippen LogP contribution >= 0.6 is 0 Å². The summed E-state index contributed by atoms with van der Waals surface area (Å²) in [7, 11) is 0. The summed E-state index contributed by atoms with van der Waals surface area (Å²) in [5.74, 6) is -0.00900. The van der Waals surface area contributed by atoms with Crippen molar-refractivity contribution in [3.05, 3.63) is 71.3 Å². The van der Waals surface area contributed by atoms with Crippen LogP contribution in [0.15, 0.2) is 54.6 Å². The molecule has 0 bridgehead atoms. The van der Waals surface area contributed by atoms with Crippen molar-refractivity contribution in [3.8, 4) is 0 Å². The summed E-state index contributed by atoms with van der Waals surface area (Å²) in [6.45, 7) is 3.75. The van der Waals surface area contributed by atoms with E-state index in [0.29, 0.717) is 6.42 Å². The maximum Gasteiger partial charge on any atom is 0.221 e. The monoisotopic (exact) mass is 355 g/mol. The summed E-state index contributed by atoms with van der Waals surface area (Å²) in [5.41, 5.74) is 2.96. The maximum atomic E-state index is 12.4. The van der Waals surface area contributed by atoms with E-state index in [2.05, 4.69) is 5.32 Å². The highest BCUT2D eigenvalue weighted by atomic mass is 16.9. The van der Waals surface area contributed by atoms with Gasteiger partial charge >= 0.3 is 0 Å². The number of aliphatic hydroxyl groups is 1. The van der Waals surface area contributed by atoms with E-state index in [9.17, 15) is 9.90 Å². The van der Waals surface area contributed by atoms with Crippen molar-refractivity contribution in [1.82, 2.24) is 5.32 Å². The Hall–Kier alpha value is -2.21. The summed E-state index contributed by atoms with van der Waals surface area (Å²) in [4.78, 5) is 12.4. The second-order valence-electron chi connectivity index (χ2n) is 6.66. The third-order valence-electron chi connectivity index (χ3n) is 4.62. The van der Waals surface area contributed by atoms with Crippen LogP contribution in [0.2, 0.25) is 0 Å². The minimum Gasteiger partial charge on any atom is -0.394 e. The zero-order chi connectivity index (χ0) is 18.5. The number of ether oxygens (including phenoxy) is 2. The Balaban J connectivity index is 1.55. The lowest BCUT2D eigenvalue weighted by Gasteiger charge is -2.34. The first kappa shape index (κ1) is 18.6. The lowest BCUT2D eigenvalue weighted by atomic mass is 9.96. The Labute approximate surface area is 153 Å². The van der Waals surface area contributed by atoms with Gasteiger partial charge in [0.2, 0.25) is 5.91 Å². The van der Waals surface area contributed by atoms with Gasteiger partial charge in [0.05, 0.1) is 12.6 Å². The Morgan fingerprint density at radius 1 is 1.08 bits per heavy atom. The molecule has 2 aromatic rings. The van der Waals surface area contributed by atoms with Crippen molar-refractivity contribution in [1.29, 1.82) is 0 Å². The largest absolute Gasteiger partial charge is 0.394 e. The molecule has 0 radical (unpaired) electrons. The highest BCUT2D eigenvalue weighted by molar-refractivity contribution is 5.77. The van der Waals surface area contributed by atoms with Crippen LogP contribution in [0.25, 0.3) is 0 Å². The van der Waals surface area contributed by atoms with Gasteiger partial charge in [0, 0.05) is 12.0 Å². The number of benzene rings is 2. The number of hydrogen-bond donors (Lipinski definition) is 2. The molecule has 0 spiro atoms. The fraction of sp³-hybridized carbons (Fsp3) is 0.381. The fourth-order valence-corrected chi connectivity index (χ4v) is 3.07. The molecule has 0 unspecified atom stereocenters. The normalized spacial score (nSPS) is 21.5. The van der Waals surface area contributed by atoms with Crippen molar-refractivity contribution in [2.75, 3.05) is 6.61 Å². The van der Waals surface area contributed by atoms with E-state index in [4.69, 9.17) is 9.47 Å². The van der Waals surface area contributed by atoms with Crippen LogP contribution in [0.1, 0.15) is 55.2 Å². The maximum absolute atomic E-state index is 12.4. The van der Waals surface area contributed by atoms with Crippen LogP contribution < -0.4 is 5.32 Å². The minimum atomic E-state index is -0.381. The standard InChI is InChI=1S/C21H25NO4/c1-14(16-8-10-18(11-9-16)21-25-15(2)26-21)12-20(24)22-19(13-23)17-6-4-3-5-7-17/h3-11,14-15,19,21,23H,12-13H2,1-2H3,(H,22,24)/t14-,15?,19-,21?/m1/s1. The van der Waals surface area contributed by atoms with Gasteiger partial charge in [-0.15, -0.1) is 0 Å². The molecule has 5 heteroatoms. The molecule has 2 N–H and O–H groups in total. The molecule has 3 rings (SSSR count). The van der Waals surface area contributed by atoms with Gasteiger partial charge in [0.25, 0.3) is 0 Å². The molecule has 0 aliphatic carbocycles. The highest BCUT2D eigenvalue weighted by Gasteiger charge is 2.28. The molecule has 0 aromatic heterocycles. The predicted molar refractivity (Wildman–Crippen MR) is 98.3 cm³/mol. The molecule has 1 heterocycles. The number of amides is 1. The summed E-state index contributed by atoms with van der Waals surface area (Å²) in [6.07, 6.45) is -0.0731. The first-order chi connectivity index (χ1) is 12.6. The van der Waals surface area contributed by atoms with Gasteiger partial charge in [-0.2, -0.15) is 0 Å². The zero-order valence-corrected chi connectivity index (χ0v) is 15.1. The van der Waals surface area contributed by atoms with Gasteiger partial charge in [-0.3, -0.25) is 4.79 Å². The SMILES string of the molecule is CC1OC(c2ccc([C@H](C)CC(=O)N[C@H](CO)c3ccccc3)cc2)O1. The lowest BCUT2D eigenvalue weighted by Crippen LogP contribution is -2.31. The first-order valence-electron chi connectivity index (χ1n) is 8.92. The van der Waals surface area contributed by atoms with E-state index in [-0.39, 0.29) is 37.1 Å². The third-order valence-corrected chi connectivity index (χ3v) is 4.62. The second kappa shape index (κ2) is 8.45. The highest BCUT2D eigenvalue weighted by Crippen LogP contribution is 2.32. The Morgan fingerprint density at radius 3 is 2.31 bits per heavy atom. The number of carbonyl (C=O) groups is 1. The fourth-order valence-electron chi connectivity index (χ4n) is 3.07. The second-order valence-corrected chi connectivity index (χ2v) is 6.66. The molecule has 0 saturated carbocycles. The summed E-state index contributed by atoms with van der Waals surface area (Å²) >= 11 is 0. The van der Waals surface area contributed by atoms with Crippen LogP contribution in [0.3, 0.4) is 0 Å². The van der Waals surface area contributed by atoms with Crippen molar-refractivity contribution < 1.29 is 19.4 Å². The Morgan fingerprint density at radius 2 is 1.73 bits per heavy atom. The minimum absolute atomic E-state index is 0.0707. The van der Waals surface area contributed by atoms with Crippen molar-refractivity contribution in [3.63, 3.8) is 0 Å². The molecule has 1 aliphatic heterocycles. The van der Waals surface area contributed by atoms with Crippen LogP contribution in [-0.2, 0) is 14.3 Å².